The fraction of sp³-hybridized carbons (Fsp3) is 0.130. The van der Waals surface area contributed by atoms with Crippen LogP contribution in [0.4, 0.5) is 10.3 Å². The minimum absolute atomic E-state index is 0.178. The Morgan fingerprint density at radius 1 is 1.10 bits per heavy atom. The zero-order valence-corrected chi connectivity index (χ0v) is 18.1. The summed E-state index contributed by atoms with van der Waals surface area (Å²) < 4.78 is 22.1. The van der Waals surface area contributed by atoms with E-state index in [1.54, 1.807) is 23.5 Å². The maximum absolute atomic E-state index is 13.7. The molecular formula is C23H17FN4OS2. The van der Waals surface area contributed by atoms with E-state index in [-0.39, 0.29) is 18.0 Å². The van der Waals surface area contributed by atoms with Crippen LogP contribution in [0.2, 0.25) is 0 Å². The molecule has 8 heteroatoms. The van der Waals surface area contributed by atoms with E-state index in [1.807, 2.05) is 41.3 Å². The third-order valence-electron chi connectivity index (χ3n) is 5.53. The average molecular weight is 449 g/mol. The number of anilines is 1. The van der Waals surface area contributed by atoms with Gasteiger partial charge in [0.05, 0.1) is 5.70 Å². The largest absolute Gasteiger partial charge is 0.480 e. The second-order valence-electron chi connectivity index (χ2n) is 7.29. The highest BCUT2D eigenvalue weighted by molar-refractivity contribution is 7.98. The number of hydrogen-bond donors (Lipinski definition) is 1. The van der Waals surface area contributed by atoms with Crippen LogP contribution in [0.1, 0.15) is 28.1 Å². The number of thiophene rings is 1. The first-order valence-corrected chi connectivity index (χ1v) is 11.9. The minimum Gasteiger partial charge on any atom is -0.480 e. The van der Waals surface area contributed by atoms with Gasteiger partial charge in [0.15, 0.2) is 0 Å². The number of para-hydroxylation sites is 1. The van der Waals surface area contributed by atoms with Gasteiger partial charge in [-0.2, -0.15) is 4.98 Å². The third kappa shape index (κ3) is 2.97. The summed E-state index contributed by atoms with van der Waals surface area (Å²) in [6, 6.07) is 18.5. The van der Waals surface area contributed by atoms with Gasteiger partial charge in [0.25, 0.3) is 0 Å². The number of nitrogens with one attached hydrogen (secondary N) is 1. The van der Waals surface area contributed by atoms with Crippen LogP contribution in [0.3, 0.4) is 0 Å². The molecule has 4 aromatic rings. The number of aromatic nitrogens is 3. The Bertz CT molecular complexity index is 1300. The Hall–Kier alpha value is -3.10. The van der Waals surface area contributed by atoms with Gasteiger partial charge in [-0.3, -0.25) is 0 Å². The van der Waals surface area contributed by atoms with E-state index in [1.165, 1.54) is 23.9 Å². The fourth-order valence-corrected chi connectivity index (χ4v) is 5.35. The summed E-state index contributed by atoms with van der Waals surface area (Å²) in [5, 5.41) is 11.0. The van der Waals surface area contributed by atoms with E-state index in [9.17, 15) is 4.39 Å². The second-order valence-corrected chi connectivity index (χ2v) is 9.04. The van der Waals surface area contributed by atoms with Crippen molar-refractivity contribution in [3.8, 4) is 5.75 Å². The lowest BCUT2D eigenvalue weighted by Crippen LogP contribution is -2.32. The van der Waals surface area contributed by atoms with Crippen LogP contribution in [0.5, 0.6) is 5.75 Å². The molecule has 2 aliphatic heterocycles. The number of ether oxygens (including phenoxy) is 1. The molecule has 4 heterocycles. The quantitative estimate of drug-likeness (QED) is 0.404. The molecule has 2 unspecified atom stereocenters. The monoisotopic (exact) mass is 448 g/mol. The Labute approximate surface area is 186 Å². The van der Waals surface area contributed by atoms with Gasteiger partial charge in [0, 0.05) is 16.0 Å². The van der Waals surface area contributed by atoms with Gasteiger partial charge >= 0.3 is 0 Å². The zero-order chi connectivity index (χ0) is 20.9. The standard InChI is InChI=1S/C23H17FN4OS2/c1-30-23-26-22-25-19-15-5-2-3-6-16(15)29-21(13-8-10-14(24)11-9-13)18(19)20(28(22)27-23)17-7-4-12-31-17/h2-12,20-21H,1H3,(H,25,26,27). The normalized spacial score (nSPS) is 19.2. The molecule has 6 rings (SSSR count). The summed E-state index contributed by atoms with van der Waals surface area (Å²) >= 11 is 3.18. The van der Waals surface area contributed by atoms with Crippen LogP contribution >= 0.6 is 23.1 Å². The van der Waals surface area contributed by atoms with Crippen LogP contribution < -0.4 is 10.1 Å². The lowest BCUT2D eigenvalue weighted by Gasteiger charge is -2.38. The first kappa shape index (κ1) is 18.7. The lowest BCUT2D eigenvalue weighted by atomic mass is 9.87. The maximum Gasteiger partial charge on any atom is 0.227 e. The van der Waals surface area contributed by atoms with Crippen molar-refractivity contribution in [2.75, 3.05) is 11.6 Å². The van der Waals surface area contributed by atoms with E-state index in [4.69, 9.17) is 9.84 Å². The number of rotatable bonds is 3. The summed E-state index contributed by atoms with van der Waals surface area (Å²) in [5.74, 6) is 1.22. The Kier molecular flexibility index (Phi) is 4.36. The number of halogens is 1. The van der Waals surface area contributed by atoms with Gasteiger partial charge in [0.1, 0.15) is 23.7 Å². The van der Waals surface area contributed by atoms with Crippen LogP contribution in [0.15, 0.2) is 76.8 Å². The molecule has 0 spiro atoms. The van der Waals surface area contributed by atoms with Crippen molar-refractivity contribution in [3.05, 3.63) is 93.4 Å². The minimum atomic E-state index is -0.389. The molecule has 0 saturated heterocycles. The number of thioether (sulfide) groups is 1. The highest BCUT2D eigenvalue weighted by atomic mass is 32.2. The van der Waals surface area contributed by atoms with Gasteiger partial charge in [-0.05, 0) is 47.5 Å². The molecule has 2 aromatic heterocycles. The zero-order valence-electron chi connectivity index (χ0n) is 16.4. The van der Waals surface area contributed by atoms with E-state index >= 15 is 0 Å². The third-order valence-corrected chi connectivity index (χ3v) is 6.99. The summed E-state index contributed by atoms with van der Waals surface area (Å²) in [4.78, 5) is 5.83. The highest BCUT2D eigenvalue weighted by Crippen LogP contribution is 2.51. The molecule has 0 fully saturated rings. The number of fused-ring (bicyclic) bond motifs is 3. The lowest BCUT2D eigenvalue weighted by molar-refractivity contribution is 0.223. The Balaban J connectivity index is 1.62. The fourth-order valence-electron chi connectivity index (χ4n) is 4.18. The maximum atomic E-state index is 13.7. The van der Waals surface area contributed by atoms with Gasteiger partial charge in [-0.1, -0.05) is 42.1 Å². The van der Waals surface area contributed by atoms with Crippen LogP contribution in [0, 0.1) is 5.82 Å². The molecule has 2 atom stereocenters. The van der Waals surface area contributed by atoms with Crippen LogP contribution in [-0.4, -0.2) is 21.0 Å². The van der Waals surface area contributed by atoms with Crippen molar-refractivity contribution in [2.45, 2.75) is 17.3 Å². The topological polar surface area (TPSA) is 52.0 Å². The number of benzene rings is 2. The van der Waals surface area contributed by atoms with Crippen LogP contribution in [-0.2, 0) is 0 Å². The van der Waals surface area contributed by atoms with E-state index < -0.39 is 0 Å². The van der Waals surface area contributed by atoms with Crippen molar-refractivity contribution < 1.29 is 9.13 Å². The molecule has 0 saturated carbocycles. The predicted octanol–water partition coefficient (Wildman–Crippen LogP) is 5.76. The summed E-state index contributed by atoms with van der Waals surface area (Å²) in [5.41, 5.74) is 3.89. The van der Waals surface area contributed by atoms with Crippen molar-refractivity contribution in [1.29, 1.82) is 0 Å². The molecule has 0 amide bonds. The van der Waals surface area contributed by atoms with Gasteiger partial charge < -0.3 is 10.1 Å². The molecule has 0 radical (unpaired) electrons. The summed E-state index contributed by atoms with van der Waals surface area (Å²) in [7, 11) is 0. The average Bonchev–Trinajstić information content (AvgIpc) is 3.47. The highest BCUT2D eigenvalue weighted by Gasteiger charge is 2.41. The van der Waals surface area contributed by atoms with Gasteiger partial charge in [-0.15, -0.1) is 16.4 Å². The SMILES string of the molecule is CSc1nc2n(n1)C(c1cccs1)C1=C(N2)c2ccccc2OC1c1ccc(F)cc1. The van der Waals surface area contributed by atoms with E-state index in [0.29, 0.717) is 11.1 Å². The van der Waals surface area contributed by atoms with Gasteiger partial charge in [-0.25, -0.2) is 9.07 Å². The van der Waals surface area contributed by atoms with Crippen molar-refractivity contribution in [1.82, 2.24) is 14.8 Å². The second kappa shape index (κ2) is 7.25. The van der Waals surface area contributed by atoms with Crippen LogP contribution in [0.25, 0.3) is 5.70 Å². The summed E-state index contributed by atoms with van der Waals surface area (Å²) in [6.07, 6.45) is 1.58. The summed E-state index contributed by atoms with van der Waals surface area (Å²) in [6.45, 7) is 0. The Morgan fingerprint density at radius 3 is 2.71 bits per heavy atom. The van der Waals surface area contributed by atoms with Gasteiger partial charge in [0.2, 0.25) is 11.1 Å². The molecule has 2 aliphatic rings. The van der Waals surface area contributed by atoms with Crippen molar-refractivity contribution >= 4 is 34.7 Å². The molecule has 5 nitrogen and oxygen atoms in total. The molecule has 31 heavy (non-hydrogen) atoms. The molecule has 0 aliphatic carbocycles. The first-order valence-electron chi connectivity index (χ1n) is 9.79. The molecule has 1 N–H and O–H groups in total. The predicted molar refractivity (Wildman–Crippen MR) is 121 cm³/mol. The molecule has 154 valence electrons. The molecular weight excluding hydrogens is 431 g/mol. The van der Waals surface area contributed by atoms with Crippen molar-refractivity contribution in [2.24, 2.45) is 0 Å². The smallest absolute Gasteiger partial charge is 0.227 e. The Morgan fingerprint density at radius 2 is 1.94 bits per heavy atom. The van der Waals surface area contributed by atoms with E-state index in [2.05, 4.69) is 21.7 Å². The molecule has 0 bridgehead atoms. The van der Waals surface area contributed by atoms with Crippen molar-refractivity contribution in [3.63, 3.8) is 0 Å². The van der Waals surface area contributed by atoms with E-state index in [0.717, 1.165) is 33.0 Å². The number of nitrogens with zero attached hydrogens (tertiary/aromatic N) is 3. The first-order chi connectivity index (χ1) is 15.2. The molecule has 2 aromatic carbocycles. The number of hydrogen-bond acceptors (Lipinski definition) is 6.